The van der Waals surface area contributed by atoms with Crippen molar-refractivity contribution in [2.24, 2.45) is 5.73 Å². The molecule has 2 rings (SSSR count). The summed E-state index contributed by atoms with van der Waals surface area (Å²) in [6, 6.07) is 10.9. The lowest BCUT2D eigenvalue weighted by Crippen LogP contribution is -2.36. The number of nitrogens with one attached hydrogen (secondary N) is 1. The summed E-state index contributed by atoms with van der Waals surface area (Å²) in [4.78, 5) is 36.1. The van der Waals surface area contributed by atoms with Crippen molar-refractivity contribution >= 4 is 17.8 Å². The second-order valence-electron chi connectivity index (χ2n) is 8.50. The smallest absolute Gasteiger partial charge is 0.330 e. The van der Waals surface area contributed by atoms with Crippen molar-refractivity contribution in [2.45, 2.75) is 58.5 Å². The van der Waals surface area contributed by atoms with Gasteiger partial charge in [0.25, 0.3) is 5.91 Å². The van der Waals surface area contributed by atoms with Crippen molar-refractivity contribution < 1.29 is 19.1 Å². The average molecular weight is 441 g/mol. The van der Waals surface area contributed by atoms with Gasteiger partial charge in [-0.3, -0.25) is 14.3 Å². The standard InChI is InChI=1S/C24H32N4O4/c1-5-32-22(30)14-12-18(11-13-21(25)29)26-23(31)19-15-20(24(2,3)4)27-28(19)16-17-9-7-6-8-10-17/h6-10,12,14-15,18H,5,11,13,16H2,1-4H3,(H2,25,29)(H,26,31)/b14-12+/t18-/m0/s1. The number of aromatic nitrogens is 2. The van der Waals surface area contributed by atoms with Crippen LogP contribution in [0.4, 0.5) is 0 Å². The van der Waals surface area contributed by atoms with E-state index in [4.69, 9.17) is 10.5 Å². The fraction of sp³-hybridized carbons (Fsp3) is 0.417. The maximum Gasteiger partial charge on any atom is 0.330 e. The summed E-state index contributed by atoms with van der Waals surface area (Å²) in [6.07, 6.45) is 3.09. The van der Waals surface area contributed by atoms with Crippen LogP contribution in [0.15, 0.2) is 48.6 Å². The number of ether oxygens (including phenoxy) is 1. The van der Waals surface area contributed by atoms with E-state index in [9.17, 15) is 14.4 Å². The first kappa shape index (κ1) is 24.8. The minimum Gasteiger partial charge on any atom is -0.463 e. The quantitative estimate of drug-likeness (QED) is 0.435. The molecule has 0 fully saturated rings. The van der Waals surface area contributed by atoms with E-state index in [-0.39, 0.29) is 30.8 Å². The van der Waals surface area contributed by atoms with Crippen molar-refractivity contribution in [3.8, 4) is 0 Å². The molecule has 0 unspecified atom stereocenters. The molecule has 0 bridgehead atoms. The molecule has 1 aromatic heterocycles. The first-order chi connectivity index (χ1) is 15.1. The van der Waals surface area contributed by atoms with Gasteiger partial charge in [-0.1, -0.05) is 57.2 Å². The molecule has 3 N–H and O–H groups in total. The van der Waals surface area contributed by atoms with Crippen LogP contribution in [0.25, 0.3) is 0 Å². The minimum atomic E-state index is -0.572. The lowest BCUT2D eigenvalue weighted by Gasteiger charge is -2.15. The summed E-state index contributed by atoms with van der Waals surface area (Å²) >= 11 is 0. The van der Waals surface area contributed by atoms with E-state index in [1.165, 1.54) is 12.2 Å². The predicted molar refractivity (Wildman–Crippen MR) is 122 cm³/mol. The summed E-state index contributed by atoms with van der Waals surface area (Å²) in [5.74, 6) is -1.36. The lowest BCUT2D eigenvalue weighted by atomic mass is 9.92. The van der Waals surface area contributed by atoms with E-state index in [2.05, 4.69) is 10.4 Å². The number of rotatable bonds is 10. The van der Waals surface area contributed by atoms with Gasteiger partial charge in [0.05, 0.1) is 18.8 Å². The third kappa shape index (κ3) is 7.68. The molecule has 0 spiro atoms. The molecule has 2 amide bonds. The molecule has 32 heavy (non-hydrogen) atoms. The molecule has 1 aromatic carbocycles. The fourth-order valence-corrected chi connectivity index (χ4v) is 2.98. The molecular weight excluding hydrogens is 408 g/mol. The number of carbonyl (C=O) groups excluding carboxylic acids is 3. The number of esters is 1. The molecule has 1 atom stereocenters. The number of primary amides is 1. The van der Waals surface area contributed by atoms with Gasteiger partial charge in [-0.2, -0.15) is 5.10 Å². The Balaban J connectivity index is 2.29. The largest absolute Gasteiger partial charge is 0.463 e. The van der Waals surface area contributed by atoms with Gasteiger partial charge in [0.1, 0.15) is 5.69 Å². The van der Waals surface area contributed by atoms with Crippen LogP contribution in [0.1, 0.15) is 62.3 Å². The van der Waals surface area contributed by atoms with Crippen LogP contribution in [0.3, 0.4) is 0 Å². The number of nitrogens with zero attached hydrogens (tertiary/aromatic N) is 2. The van der Waals surface area contributed by atoms with E-state index < -0.39 is 17.9 Å². The van der Waals surface area contributed by atoms with Gasteiger partial charge >= 0.3 is 5.97 Å². The maximum atomic E-state index is 13.2. The van der Waals surface area contributed by atoms with Gasteiger partial charge in [-0.05, 0) is 25.0 Å². The topological polar surface area (TPSA) is 116 Å². The number of nitrogens with two attached hydrogens (primary N) is 1. The Morgan fingerprint density at radius 2 is 1.91 bits per heavy atom. The van der Waals surface area contributed by atoms with Gasteiger partial charge in [0.2, 0.25) is 5.91 Å². The molecule has 0 aliphatic carbocycles. The van der Waals surface area contributed by atoms with Crippen molar-refractivity contribution in [1.29, 1.82) is 0 Å². The predicted octanol–water partition coefficient (Wildman–Crippen LogP) is 2.71. The Bertz CT molecular complexity index is 958. The molecule has 0 saturated carbocycles. The van der Waals surface area contributed by atoms with Crippen LogP contribution in [-0.4, -0.2) is 40.2 Å². The molecule has 8 nitrogen and oxygen atoms in total. The van der Waals surface area contributed by atoms with Crippen LogP contribution in [0.5, 0.6) is 0 Å². The van der Waals surface area contributed by atoms with Crippen LogP contribution in [-0.2, 0) is 26.3 Å². The molecule has 0 aliphatic heterocycles. The third-order valence-corrected chi connectivity index (χ3v) is 4.73. The Morgan fingerprint density at radius 3 is 2.50 bits per heavy atom. The van der Waals surface area contributed by atoms with Crippen LogP contribution in [0.2, 0.25) is 0 Å². The second kappa shape index (κ2) is 11.3. The SMILES string of the molecule is CCOC(=O)/C=C/[C@H](CCC(N)=O)NC(=O)c1cc(C(C)(C)C)nn1Cc1ccccc1. The molecule has 0 aliphatic rings. The molecule has 1 heterocycles. The molecule has 8 heteroatoms. The second-order valence-corrected chi connectivity index (χ2v) is 8.50. The molecule has 172 valence electrons. The third-order valence-electron chi connectivity index (χ3n) is 4.73. The number of carbonyl (C=O) groups is 3. The average Bonchev–Trinajstić information content (AvgIpc) is 3.15. The Hall–Kier alpha value is -3.42. The van der Waals surface area contributed by atoms with E-state index in [0.717, 1.165) is 11.3 Å². The zero-order chi connectivity index (χ0) is 23.7. The van der Waals surface area contributed by atoms with Gasteiger partial charge in [0, 0.05) is 24.0 Å². The highest BCUT2D eigenvalue weighted by Gasteiger charge is 2.24. The normalized spacial score (nSPS) is 12.5. The monoisotopic (exact) mass is 440 g/mol. The summed E-state index contributed by atoms with van der Waals surface area (Å²) in [7, 11) is 0. The maximum absolute atomic E-state index is 13.2. The van der Waals surface area contributed by atoms with Gasteiger partial charge in [0.15, 0.2) is 0 Å². The van der Waals surface area contributed by atoms with Crippen molar-refractivity contribution in [1.82, 2.24) is 15.1 Å². The first-order valence-corrected chi connectivity index (χ1v) is 10.7. The summed E-state index contributed by atoms with van der Waals surface area (Å²) in [6.45, 7) is 8.48. The number of hydrogen-bond donors (Lipinski definition) is 2. The summed E-state index contributed by atoms with van der Waals surface area (Å²) in [5.41, 5.74) is 7.22. The highest BCUT2D eigenvalue weighted by Crippen LogP contribution is 2.22. The highest BCUT2D eigenvalue weighted by molar-refractivity contribution is 5.93. The van der Waals surface area contributed by atoms with Crippen LogP contribution in [0, 0.1) is 0 Å². The minimum absolute atomic E-state index is 0.0641. The number of amides is 2. The van der Waals surface area contributed by atoms with E-state index in [1.807, 2.05) is 51.1 Å². The van der Waals surface area contributed by atoms with E-state index in [0.29, 0.717) is 12.2 Å². The Morgan fingerprint density at radius 1 is 1.22 bits per heavy atom. The van der Waals surface area contributed by atoms with E-state index in [1.54, 1.807) is 17.7 Å². The Kier molecular flexibility index (Phi) is 8.75. The lowest BCUT2D eigenvalue weighted by molar-refractivity contribution is -0.137. The summed E-state index contributed by atoms with van der Waals surface area (Å²) in [5, 5.41) is 7.54. The first-order valence-electron chi connectivity index (χ1n) is 10.7. The molecule has 0 radical (unpaired) electrons. The summed E-state index contributed by atoms with van der Waals surface area (Å²) < 4.78 is 6.56. The molecular formula is C24H32N4O4. The zero-order valence-corrected chi connectivity index (χ0v) is 19.1. The Labute approximate surface area is 188 Å². The van der Waals surface area contributed by atoms with Gasteiger partial charge in [-0.15, -0.1) is 0 Å². The van der Waals surface area contributed by atoms with Crippen LogP contribution >= 0.6 is 0 Å². The van der Waals surface area contributed by atoms with Gasteiger partial charge in [-0.25, -0.2) is 4.79 Å². The van der Waals surface area contributed by atoms with Gasteiger partial charge < -0.3 is 15.8 Å². The fourth-order valence-electron chi connectivity index (χ4n) is 2.98. The van der Waals surface area contributed by atoms with Crippen molar-refractivity contribution in [2.75, 3.05) is 6.61 Å². The molecule has 2 aromatic rings. The van der Waals surface area contributed by atoms with Crippen molar-refractivity contribution in [3.63, 3.8) is 0 Å². The number of benzene rings is 1. The molecule has 0 saturated heterocycles. The van der Waals surface area contributed by atoms with Crippen LogP contribution < -0.4 is 11.1 Å². The highest BCUT2D eigenvalue weighted by atomic mass is 16.5. The van der Waals surface area contributed by atoms with E-state index >= 15 is 0 Å². The number of hydrogen-bond acceptors (Lipinski definition) is 5. The van der Waals surface area contributed by atoms with Crippen molar-refractivity contribution in [3.05, 3.63) is 65.5 Å². The zero-order valence-electron chi connectivity index (χ0n) is 19.1.